The molecule has 0 radical (unpaired) electrons. The second-order valence-electron chi connectivity index (χ2n) is 4.92. The van der Waals surface area contributed by atoms with Gasteiger partial charge in [-0.05, 0) is 12.1 Å². The van der Waals surface area contributed by atoms with Crippen LogP contribution in [0.4, 0.5) is 0 Å². The normalized spacial score (nSPS) is 10.2. The van der Waals surface area contributed by atoms with Gasteiger partial charge in [0.15, 0.2) is 17.2 Å². The Bertz CT molecular complexity index is 715. The average Bonchev–Trinajstić information content (AvgIpc) is 3.04. The van der Waals surface area contributed by atoms with Crippen molar-refractivity contribution in [3.63, 3.8) is 0 Å². The van der Waals surface area contributed by atoms with Crippen LogP contribution in [0.15, 0.2) is 30.5 Å². The van der Waals surface area contributed by atoms with Gasteiger partial charge in [-0.15, -0.1) is 5.10 Å². The van der Waals surface area contributed by atoms with Gasteiger partial charge in [-0.1, -0.05) is 17.3 Å². The summed E-state index contributed by atoms with van der Waals surface area (Å²) in [6.07, 6.45) is 1.21. The van der Waals surface area contributed by atoms with Crippen LogP contribution in [0.25, 0.3) is 0 Å². The fourth-order valence-electron chi connectivity index (χ4n) is 1.89. The Labute approximate surface area is 138 Å². The number of para-hydroxylation sites is 2. The third-order valence-electron chi connectivity index (χ3n) is 3.23. The number of nitrogens with zero attached hydrogens (tertiary/aromatic N) is 4. The maximum atomic E-state index is 12.1. The SMILES string of the molecule is COc1ccccc1OCCN(C)C(=O)Cn1cc(C(=O)O)nn1. The molecular weight excluding hydrogens is 316 g/mol. The molecule has 1 aromatic carbocycles. The summed E-state index contributed by atoms with van der Waals surface area (Å²) in [6.45, 7) is 0.559. The van der Waals surface area contributed by atoms with Crippen molar-refractivity contribution in [2.45, 2.75) is 6.54 Å². The molecule has 0 aliphatic carbocycles. The Morgan fingerprint density at radius 1 is 1.29 bits per heavy atom. The molecule has 0 saturated heterocycles. The van der Waals surface area contributed by atoms with Crippen molar-refractivity contribution in [1.29, 1.82) is 0 Å². The molecule has 1 amide bonds. The van der Waals surface area contributed by atoms with Gasteiger partial charge in [-0.3, -0.25) is 4.79 Å². The summed E-state index contributed by atoms with van der Waals surface area (Å²) in [4.78, 5) is 24.3. The van der Waals surface area contributed by atoms with Crippen LogP contribution in [-0.4, -0.2) is 64.2 Å². The molecule has 1 N–H and O–H groups in total. The lowest BCUT2D eigenvalue weighted by Gasteiger charge is -2.18. The first-order valence-corrected chi connectivity index (χ1v) is 7.14. The van der Waals surface area contributed by atoms with Gasteiger partial charge in [-0.2, -0.15) is 0 Å². The topological polar surface area (TPSA) is 107 Å². The molecule has 128 valence electrons. The molecule has 9 nitrogen and oxygen atoms in total. The minimum atomic E-state index is -1.19. The molecule has 1 aromatic heterocycles. The molecule has 0 saturated carbocycles. The molecule has 2 rings (SSSR count). The number of amides is 1. The van der Waals surface area contributed by atoms with Crippen LogP contribution in [0.3, 0.4) is 0 Å². The summed E-state index contributed by atoms with van der Waals surface area (Å²) in [5, 5.41) is 15.8. The quantitative estimate of drug-likeness (QED) is 0.750. The van der Waals surface area contributed by atoms with E-state index in [-0.39, 0.29) is 18.1 Å². The maximum Gasteiger partial charge on any atom is 0.358 e. The van der Waals surface area contributed by atoms with Gasteiger partial charge in [0, 0.05) is 7.05 Å². The number of benzene rings is 1. The molecule has 1 heterocycles. The van der Waals surface area contributed by atoms with Crippen molar-refractivity contribution in [3.8, 4) is 11.5 Å². The number of hydrogen-bond donors (Lipinski definition) is 1. The van der Waals surface area contributed by atoms with E-state index in [0.717, 1.165) is 0 Å². The second-order valence-corrected chi connectivity index (χ2v) is 4.92. The van der Waals surface area contributed by atoms with Gasteiger partial charge < -0.3 is 19.5 Å². The van der Waals surface area contributed by atoms with E-state index in [1.807, 2.05) is 12.1 Å². The highest BCUT2D eigenvalue weighted by Crippen LogP contribution is 2.25. The van der Waals surface area contributed by atoms with Crippen molar-refractivity contribution in [3.05, 3.63) is 36.2 Å². The number of rotatable bonds is 8. The summed E-state index contributed by atoms with van der Waals surface area (Å²) in [7, 11) is 3.18. The van der Waals surface area contributed by atoms with E-state index in [4.69, 9.17) is 14.6 Å². The zero-order valence-electron chi connectivity index (χ0n) is 13.4. The highest BCUT2D eigenvalue weighted by Gasteiger charge is 2.14. The fraction of sp³-hybridized carbons (Fsp3) is 0.333. The molecule has 0 spiro atoms. The average molecular weight is 334 g/mol. The Morgan fingerprint density at radius 2 is 2.00 bits per heavy atom. The Morgan fingerprint density at radius 3 is 2.62 bits per heavy atom. The molecule has 0 atom stereocenters. The summed E-state index contributed by atoms with van der Waals surface area (Å²) >= 11 is 0. The van der Waals surface area contributed by atoms with E-state index < -0.39 is 5.97 Å². The standard InChI is InChI=1S/C15H18N4O5/c1-18(7-8-24-13-6-4-3-5-12(13)23-2)14(20)10-19-9-11(15(21)22)16-17-19/h3-6,9H,7-8,10H2,1-2H3,(H,21,22). The molecule has 0 bridgehead atoms. The molecule has 2 aromatic rings. The van der Waals surface area contributed by atoms with Crippen molar-refractivity contribution >= 4 is 11.9 Å². The van der Waals surface area contributed by atoms with Crippen LogP contribution < -0.4 is 9.47 Å². The number of ether oxygens (including phenoxy) is 2. The van der Waals surface area contributed by atoms with E-state index in [1.165, 1.54) is 15.8 Å². The minimum absolute atomic E-state index is 0.0918. The molecule has 9 heteroatoms. The first-order valence-electron chi connectivity index (χ1n) is 7.14. The predicted octanol–water partition coefficient (Wildman–Crippen LogP) is 0.522. The first-order chi connectivity index (χ1) is 11.5. The van der Waals surface area contributed by atoms with E-state index in [1.54, 1.807) is 26.3 Å². The number of carboxylic acid groups (broad SMARTS) is 1. The Hall–Kier alpha value is -3.10. The number of aromatic carboxylic acids is 1. The van der Waals surface area contributed by atoms with Crippen LogP contribution in [-0.2, 0) is 11.3 Å². The lowest BCUT2D eigenvalue weighted by molar-refractivity contribution is -0.131. The van der Waals surface area contributed by atoms with E-state index in [9.17, 15) is 9.59 Å². The molecule has 24 heavy (non-hydrogen) atoms. The van der Waals surface area contributed by atoms with Gasteiger partial charge in [-0.25, -0.2) is 9.48 Å². The Kier molecular flexibility index (Phi) is 5.72. The predicted molar refractivity (Wildman–Crippen MR) is 83.1 cm³/mol. The lowest BCUT2D eigenvalue weighted by atomic mass is 10.3. The van der Waals surface area contributed by atoms with Crippen LogP contribution in [0.5, 0.6) is 11.5 Å². The van der Waals surface area contributed by atoms with Crippen LogP contribution >= 0.6 is 0 Å². The Balaban J connectivity index is 1.82. The summed E-state index contributed by atoms with van der Waals surface area (Å²) in [6, 6.07) is 7.24. The molecular formula is C15H18N4O5. The number of carboxylic acids is 1. The van der Waals surface area contributed by atoms with Crippen molar-refractivity contribution in [2.24, 2.45) is 0 Å². The highest BCUT2D eigenvalue weighted by molar-refractivity contribution is 5.84. The van der Waals surface area contributed by atoms with E-state index >= 15 is 0 Å². The summed E-state index contributed by atoms with van der Waals surface area (Å²) in [5.41, 5.74) is -0.204. The zero-order valence-corrected chi connectivity index (χ0v) is 13.4. The van der Waals surface area contributed by atoms with Gasteiger partial charge in [0.25, 0.3) is 0 Å². The largest absolute Gasteiger partial charge is 0.493 e. The number of hydrogen-bond acceptors (Lipinski definition) is 6. The van der Waals surface area contributed by atoms with Crippen LogP contribution in [0, 0.1) is 0 Å². The minimum Gasteiger partial charge on any atom is -0.493 e. The summed E-state index contributed by atoms with van der Waals surface area (Å²) < 4.78 is 12.0. The zero-order chi connectivity index (χ0) is 17.5. The van der Waals surface area contributed by atoms with Crippen LogP contribution in [0.2, 0.25) is 0 Å². The van der Waals surface area contributed by atoms with E-state index in [2.05, 4.69) is 10.3 Å². The van der Waals surface area contributed by atoms with E-state index in [0.29, 0.717) is 24.7 Å². The number of aromatic nitrogens is 3. The third-order valence-corrected chi connectivity index (χ3v) is 3.23. The third kappa shape index (κ3) is 4.45. The lowest BCUT2D eigenvalue weighted by Crippen LogP contribution is -2.33. The van der Waals surface area contributed by atoms with Gasteiger partial charge >= 0.3 is 5.97 Å². The van der Waals surface area contributed by atoms with Crippen molar-refractivity contribution in [1.82, 2.24) is 19.9 Å². The van der Waals surface area contributed by atoms with Gasteiger partial charge in [0.2, 0.25) is 5.91 Å². The van der Waals surface area contributed by atoms with Gasteiger partial charge in [0.1, 0.15) is 13.2 Å². The van der Waals surface area contributed by atoms with Crippen molar-refractivity contribution in [2.75, 3.05) is 27.3 Å². The number of methoxy groups -OCH3 is 1. The highest BCUT2D eigenvalue weighted by atomic mass is 16.5. The second kappa shape index (κ2) is 7.95. The van der Waals surface area contributed by atoms with Crippen molar-refractivity contribution < 1.29 is 24.2 Å². The fourth-order valence-corrected chi connectivity index (χ4v) is 1.89. The summed E-state index contributed by atoms with van der Waals surface area (Å²) in [5.74, 6) is -0.203. The maximum absolute atomic E-state index is 12.1. The smallest absolute Gasteiger partial charge is 0.358 e. The number of carbonyl (C=O) groups is 2. The molecule has 0 aliphatic rings. The first kappa shape index (κ1) is 17.3. The van der Waals surface area contributed by atoms with Crippen LogP contribution in [0.1, 0.15) is 10.5 Å². The molecule has 0 unspecified atom stereocenters. The number of carbonyl (C=O) groups excluding carboxylic acids is 1. The number of likely N-dealkylation sites (N-methyl/N-ethyl adjacent to an activating group) is 1. The van der Waals surface area contributed by atoms with Gasteiger partial charge in [0.05, 0.1) is 19.9 Å². The monoisotopic (exact) mass is 334 g/mol. The molecule has 0 fully saturated rings. The molecule has 0 aliphatic heterocycles.